The minimum atomic E-state index is -0.369. The van der Waals surface area contributed by atoms with Crippen LogP contribution in [0, 0.1) is 5.82 Å². The van der Waals surface area contributed by atoms with Crippen LogP contribution in [0.4, 0.5) is 4.39 Å². The maximum atomic E-state index is 13.1. The molecule has 1 atom stereocenters. The van der Waals surface area contributed by atoms with Crippen molar-refractivity contribution in [1.29, 1.82) is 0 Å². The van der Waals surface area contributed by atoms with Crippen molar-refractivity contribution >= 4 is 5.91 Å². The van der Waals surface area contributed by atoms with Crippen LogP contribution in [0.1, 0.15) is 38.7 Å². The van der Waals surface area contributed by atoms with Crippen LogP contribution in [-0.2, 0) is 10.2 Å². The van der Waals surface area contributed by atoms with Gasteiger partial charge in [0.15, 0.2) is 0 Å². The molecular formula is C18H25FN2O. The van der Waals surface area contributed by atoms with Crippen LogP contribution in [-0.4, -0.2) is 47.9 Å². The monoisotopic (exact) mass is 304 g/mol. The highest BCUT2D eigenvalue weighted by Gasteiger charge is 2.53. The maximum absolute atomic E-state index is 13.1. The highest BCUT2D eigenvalue weighted by atomic mass is 19.1. The fourth-order valence-corrected chi connectivity index (χ4v) is 3.45. The zero-order chi connectivity index (χ0) is 15.7. The number of carbonyl (C=O) groups excluding carboxylic acids is 1. The number of benzene rings is 1. The molecule has 3 rings (SSSR count). The standard InChI is InChI=1S/C18H25FN2O/c1-3-14(2)20-10-12-21(13-11-20)17(22)18(8-9-18)15-4-6-16(19)7-5-15/h4-7,14H,3,8-13H2,1-2H3. The van der Waals surface area contributed by atoms with Crippen molar-refractivity contribution in [3.8, 4) is 0 Å². The first-order valence-corrected chi connectivity index (χ1v) is 8.36. The number of hydrogen-bond acceptors (Lipinski definition) is 2. The van der Waals surface area contributed by atoms with Gasteiger partial charge in [-0.3, -0.25) is 9.69 Å². The summed E-state index contributed by atoms with van der Waals surface area (Å²) in [6.45, 7) is 7.99. The van der Waals surface area contributed by atoms with Gasteiger partial charge in [0.05, 0.1) is 5.41 Å². The maximum Gasteiger partial charge on any atom is 0.233 e. The topological polar surface area (TPSA) is 23.6 Å². The molecule has 1 heterocycles. The summed E-state index contributed by atoms with van der Waals surface area (Å²) in [4.78, 5) is 17.4. The second-order valence-corrected chi connectivity index (χ2v) is 6.67. The van der Waals surface area contributed by atoms with Gasteiger partial charge in [0, 0.05) is 32.2 Å². The van der Waals surface area contributed by atoms with Crippen molar-refractivity contribution in [3.63, 3.8) is 0 Å². The lowest BCUT2D eigenvalue weighted by atomic mass is 9.94. The van der Waals surface area contributed by atoms with Gasteiger partial charge in [0.1, 0.15) is 5.82 Å². The van der Waals surface area contributed by atoms with E-state index in [1.165, 1.54) is 12.1 Å². The Kier molecular flexibility index (Phi) is 4.22. The van der Waals surface area contributed by atoms with E-state index in [-0.39, 0.29) is 17.1 Å². The molecule has 0 aromatic heterocycles. The van der Waals surface area contributed by atoms with Gasteiger partial charge in [-0.15, -0.1) is 0 Å². The van der Waals surface area contributed by atoms with Crippen molar-refractivity contribution in [2.75, 3.05) is 26.2 Å². The minimum absolute atomic E-state index is 0.239. The molecule has 0 bridgehead atoms. The number of piperazine rings is 1. The highest BCUT2D eigenvalue weighted by Crippen LogP contribution is 2.49. The number of halogens is 1. The summed E-state index contributed by atoms with van der Waals surface area (Å²) in [5.41, 5.74) is 0.606. The second-order valence-electron chi connectivity index (χ2n) is 6.67. The molecule has 22 heavy (non-hydrogen) atoms. The molecule has 1 saturated carbocycles. The van der Waals surface area contributed by atoms with E-state index in [1.54, 1.807) is 12.1 Å². The van der Waals surface area contributed by atoms with Gasteiger partial charge >= 0.3 is 0 Å². The summed E-state index contributed by atoms with van der Waals surface area (Å²) in [5.74, 6) is -0.00271. The summed E-state index contributed by atoms with van der Waals surface area (Å²) in [7, 11) is 0. The summed E-state index contributed by atoms with van der Waals surface area (Å²) in [5, 5.41) is 0. The van der Waals surface area contributed by atoms with E-state index in [4.69, 9.17) is 0 Å². The number of hydrogen-bond donors (Lipinski definition) is 0. The van der Waals surface area contributed by atoms with Gasteiger partial charge in [-0.25, -0.2) is 4.39 Å². The Labute approximate surface area is 132 Å². The molecule has 3 nitrogen and oxygen atoms in total. The Hall–Kier alpha value is -1.42. The lowest BCUT2D eigenvalue weighted by molar-refractivity contribution is -0.136. The number of amides is 1. The van der Waals surface area contributed by atoms with E-state index in [0.29, 0.717) is 6.04 Å². The molecule has 0 radical (unpaired) electrons. The van der Waals surface area contributed by atoms with Gasteiger partial charge in [0.25, 0.3) is 0 Å². The Morgan fingerprint density at radius 3 is 2.27 bits per heavy atom. The molecule has 0 spiro atoms. The average molecular weight is 304 g/mol. The molecule has 4 heteroatoms. The Morgan fingerprint density at radius 2 is 1.77 bits per heavy atom. The predicted octanol–water partition coefficient (Wildman–Crippen LogP) is 2.80. The summed E-state index contributed by atoms with van der Waals surface area (Å²) in [6.07, 6.45) is 2.93. The molecule has 1 unspecified atom stereocenters. The molecule has 1 aromatic rings. The van der Waals surface area contributed by atoms with Gasteiger partial charge in [0.2, 0.25) is 5.91 Å². The van der Waals surface area contributed by atoms with Crippen molar-refractivity contribution in [2.45, 2.75) is 44.6 Å². The summed E-state index contributed by atoms with van der Waals surface area (Å²) < 4.78 is 13.1. The minimum Gasteiger partial charge on any atom is -0.339 e. The largest absolute Gasteiger partial charge is 0.339 e. The van der Waals surface area contributed by atoms with Crippen LogP contribution >= 0.6 is 0 Å². The predicted molar refractivity (Wildman–Crippen MR) is 85.2 cm³/mol. The quantitative estimate of drug-likeness (QED) is 0.854. The van der Waals surface area contributed by atoms with Crippen molar-refractivity contribution in [2.24, 2.45) is 0 Å². The molecule has 1 saturated heterocycles. The van der Waals surface area contributed by atoms with Gasteiger partial charge in [-0.1, -0.05) is 19.1 Å². The van der Waals surface area contributed by atoms with E-state index in [1.807, 2.05) is 4.90 Å². The van der Waals surface area contributed by atoms with E-state index >= 15 is 0 Å². The third kappa shape index (κ3) is 2.76. The summed E-state index contributed by atoms with van der Waals surface area (Å²) in [6, 6.07) is 7.06. The molecule has 120 valence electrons. The fourth-order valence-electron chi connectivity index (χ4n) is 3.45. The molecule has 2 aliphatic rings. The van der Waals surface area contributed by atoms with Crippen LogP contribution in [0.15, 0.2) is 24.3 Å². The van der Waals surface area contributed by atoms with E-state index in [9.17, 15) is 9.18 Å². The number of rotatable bonds is 4. The van der Waals surface area contributed by atoms with Crippen LogP contribution in [0.25, 0.3) is 0 Å². The lowest BCUT2D eigenvalue weighted by Gasteiger charge is -2.39. The highest BCUT2D eigenvalue weighted by molar-refractivity contribution is 5.91. The molecule has 0 N–H and O–H groups in total. The smallest absolute Gasteiger partial charge is 0.233 e. The van der Waals surface area contributed by atoms with E-state index in [0.717, 1.165) is 51.0 Å². The molecule has 2 fully saturated rings. The Bertz CT molecular complexity index is 531. The Morgan fingerprint density at radius 1 is 1.18 bits per heavy atom. The van der Waals surface area contributed by atoms with Crippen molar-refractivity contribution in [3.05, 3.63) is 35.6 Å². The Balaban J connectivity index is 1.66. The number of carbonyl (C=O) groups is 1. The summed E-state index contributed by atoms with van der Waals surface area (Å²) >= 11 is 0. The first kappa shape index (κ1) is 15.5. The average Bonchev–Trinajstić information content (AvgIpc) is 3.36. The van der Waals surface area contributed by atoms with Gasteiger partial charge in [-0.05, 0) is 43.9 Å². The van der Waals surface area contributed by atoms with Crippen LogP contribution in [0.3, 0.4) is 0 Å². The lowest BCUT2D eigenvalue weighted by Crippen LogP contribution is -2.53. The molecule has 1 amide bonds. The molecule has 1 aromatic carbocycles. The second kappa shape index (κ2) is 5.99. The molecule has 1 aliphatic carbocycles. The molecular weight excluding hydrogens is 279 g/mol. The van der Waals surface area contributed by atoms with Crippen molar-refractivity contribution < 1.29 is 9.18 Å². The zero-order valence-electron chi connectivity index (χ0n) is 13.5. The first-order valence-electron chi connectivity index (χ1n) is 8.36. The van der Waals surface area contributed by atoms with E-state index in [2.05, 4.69) is 18.7 Å². The third-order valence-electron chi connectivity index (χ3n) is 5.37. The van der Waals surface area contributed by atoms with Crippen molar-refractivity contribution in [1.82, 2.24) is 9.80 Å². The number of nitrogens with zero attached hydrogens (tertiary/aromatic N) is 2. The normalized spacial score (nSPS) is 22.4. The van der Waals surface area contributed by atoms with Gasteiger partial charge in [-0.2, -0.15) is 0 Å². The SMILES string of the molecule is CCC(C)N1CCN(C(=O)C2(c3ccc(F)cc3)CC2)CC1. The first-order chi connectivity index (χ1) is 10.6. The fraction of sp³-hybridized carbons (Fsp3) is 0.611. The van der Waals surface area contributed by atoms with Crippen LogP contribution < -0.4 is 0 Å². The zero-order valence-corrected chi connectivity index (χ0v) is 13.5. The van der Waals surface area contributed by atoms with Crippen LogP contribution in [0.5, 0.6) is 0 Å². The van der Waals surface area contributed by atoms with Crippen LogP contribution in [0.2, 0.25) is 0 Å². The molecule has 1 aliphatic heterocycles. The van der Waals surface area contributed by atoms with E-state index < -0.39 is 0 Å². The van der Waals surface area contributed by atoms with Gasteiger partial charge < -0.3 is 4.90 Å². The third-order valence-corrected chi connectivity index (χ3v) is 5.37.